The van der Waals surface area contributed by atoms with Crippen LogP contribution >= 0.6 is 0 Å². The van der Waals surface area contributed by atoms with Crippen molar-refractivity contribution >= 4 is 6.16 Å². The van der Waals surface area contributed by atoms with Crippen LogP contribution in [0.2, 0.25) is 0 Å². The zero-order chi connectivity index (χ0) is 7.70. The normalized spacial score (nSPS) is 7.00. The highest BCUT2D eigenvalue weighted by Gasteiger charge is 1.86. The molecule has 0 aliphatic carbocycles. The van der Waals surface area contributed by atoms with Gasteiger partial charge in [-0.1, -0.05) is 20.3 Å². The molecule has 0 bridgehead atoms. The average molecular weight is 134 g/mol. The van der Waals surface area contributed by atoms with Crippen molar-refractivity contribution in [2.75, 3.05) is 6.61 Å². The third-order valence-electron chi connectivity index (χ3n) is 0.268. The quantitative estimate of drug-likeness (QED) is 0.559. The second kappa shape index (κ2) is 10.3. The van der Waals surface area contributed by atoms with Crippen LogP contribution in [-0.2, 0) is 4.74 Å². The summed E-state index contributed by atoms with van der Waals surface area (Å²) in [5, 5.41) is 7.69. The van der Waals surface area contributed by atoms with E-state index in [0.29, 0.717) is 0 Å². The Morgan fingerprint density at radius 1 is 1.44 bits per heavy atom. The van der Waals surface area contributed by atoms with E-state index in [9.17, 15) is 4.79 Å². The monoisotopic (exact) mass is 134 g/mol. The predicted octanol–water partition coefficient (Wildman–Crippen LogP) is 2.12. The number of ether oxygens (including phenoxy) is 1. The zero-order valence-electron chi connectivity index (χ0n) is 6.18. The van der Waals surface area contributed by atoms with Crippen molar-refractivity contribution in [3.63, 3.8) is 0 Å². The molecule has 0 atom stereocenters. The van der Waals surface area contributed by atoms with Gasteiger partial charge in [0.2, 0.25) is 0 Å². The minimum atomic E-state index is -1.21. The summed E-state index contributed by atoms with van der Waals surface area (Å²) in [6, 6.07) is 0. The van der Waals surface area contributed by atoms with Crippen molar-refractivity contribution < 1.29 is 14.6 Å². The Morgan fingerprint density at radius 2 is 1.78 bits per heavy atom. The summed E-state index contributed by atoms with van der Waals surface area (Å²) in [6.45, 7) is 6.10. The van der Waals surface area contributed by atoms with Crippen molar-refractivity contribution in [3.8, 4) is 0 Å². The van der Waals surface area contributed by atoms with Crippen molar-refractivity contribution in [3.05, 3.63) is 0 Å². The molecule has 0 unspecified atom stereocenters. The number of hydrogen-bond donors (Lipinski definition) is 1. The maximum atomic E-state index is 9.38. The molecule has 1 N–H and O–H groups in total. The fourth-order valence-corrected chi connectivity index (χ4v) is 0.123. The van der Waals surface area contributed by atoms with E-state index in [1.165, 1.54) is 6.42 Å². The van der Waals surface area contributed by atoms with Gasteiger partial charge in [0, 0.05) is 0 Å². The molecule has 3 heteroatoms. The Balaban J connectivity index is 0. The fraction of sp³-hybridized carbons (Fsp3) is 0.833. The first-order valence-electron chi connectivity index (χ1n) is 3.04. The summed E-state index contributed by atoms with van der Waals surface area (Å²) in [4.78, 5) is 9.38. The third-order valence-corrected chi connectivity index (χ3v) is 0.268. The minimum absolute atomic E-state index is 0.231. The Kier molecular flexibility index (Phi) is 12.7. The van der Waals surface area contributed by atoms with E-state index >= 15 is 0 Å². The molecule has 0 aromatic rings. The van der Waals surface area contributed by atoms with Crippen LogP contribution in [0.3, 0.4) is 0 Å². The van der Waals surface area contributed by atoms with Gasteiger partial charge in [0.1, 0.15) is 0 Å². The Labute approximate surface area is 55.6 Å². The lowest BCUT2D eigenvalue weighted by Crippen LogP contribution is -1.97. The summed E-state index contributed by atoms with van der Waals surface area (Å²) in [6.07, 6.45) is 0.0394. The molecule has 56 valence electrons. The molecular formula is C6H14O3. The van der Waals surface area contributed by atoms with Gasteiger partial charge in [-0.2, -0.15) is 0 Å². The SMILES string of the molecule is CCC.CCOC(=O)O. The molecule has 0 heterocycles. The molecule has 0 saturated carbocycles. The van der Waals surface area contributed by atoms with Crippen molar-refractivity contribution in [2.24, 2.45) is 0 Å². The molecule has 3 nitrogen and oxygen atoms in total. The van der Waals surface area contributed by atoms with Gasteiger partial charge in [-0.15, -0.1) is 0 Å². The van der Waals surface area contributed by atoms with Gasteiger partial charge in [-0.05, 0) is 6.92 Å². The number of carboxylic acid groups (broad SMARTS) is 1. The van der Waals surface area contributed by atoms with E-state index in [2.05, 4.69) is 18.6 Å². The van der Waals surface area contributed by atoms with E-state index in [4.69, 9.17) is 5.11 Å². The van der Waals surface area contributed by atoms with Crippen molar-refractivity contribution in [1.82, 2.24) is 0 Å². The first-order chi connectivity index (χ1) is 4.18. The van der Waals surface area contributed by atoms with E-state index in [-0.39, 0.29) is 6.61 Å². The molecule has 9 heavy (non-hydrogen) atoms. The van der Waals surface area contributed by atoms with Gasteiger partial charge in [0.05, 0.1) is 6.61 Å². The van der Waals surface area contributed by atoms with Gasteiger partial charge >= 0.3 is 6.16 Å². The maximum Gasteiger partial charge on any atom is 0.505 e. The molecule has 0 radical (unpaired) electrons. The zero-order valence-corrected chi connectivity index (χ0v) is 6.18. The lowest BCUT2D eigenvalue weighted by Gasteiger charge is -1.87. The van der Waals surface area contributed by atoms with Gasteiger partial charge < -0.3 is 9.84 Å². The molecule has 0 saturated heterocycles. The Bertz CT molecular complexity index is 61.3. The van der Waals surface area contributed by atoms with E-state index in [0.717, 1.165) is 0 Å². The first-order valence-corrected chi connectivity index (χ1v) is 3.04. The van der Waals surface area contributed by atoms with Gasteiger partial charge in [0.25, 0.3) is 0 Å². The Morgan fingerprint density at radius 3 is 1.78 bits per heavy atom. The van der Waals surface area contributed by atoms with Crippen LogP contribution in [0.5, 0.6) is 0 Å². The average Bonchev–Trinajstić information content (AvgIpc) is 1.67. The second-order valence-electron chi connectivity index (χ2n) is 1.41. The minimum Gasteiger partial charge on any atom is -0.450 e. The molecule has 0 amide bonds. The van der Waals surface area contributed by atoms with E-state index in [1.807, 2.05) is 0 Å². The van der Waals surface area contributed by atoms with Crippen LogP contribution in [0.4, 0.5) is 4.79 Å². The number of hydrogen-bond acceptors (Lipinski definition) is 2. The smallest absolute Gasteiger partial charge is 0.450 e. The van der Waals surface area contributed by atoms with Crippen molar-refractivity contribution in [1.29, 1.82) is 0 Å². The topological polar surface area (TPSA) is 46.5 Å². The van der Waals surface area contributed by atoms with E-state index in [1.54, 1.807) is 6.92 Å². The highest BCUT2D eigenvalue weighted by Crippen LogP contribution is 1.69. The summed E-state index contributed by atoms with van der Waals surface area (Å²) in [5.41, 5.74) is 0. The van der Waals surface area contributed by atoms with Crippen LogP contribution in [0.15, 0.2) is 0 Å². The number of rotatable bonds is 1. The molecule has 0 spiro atoms. The summed E-state index contributed by atoms with van der Waals surface area (Å²) >= 11 is 0. The molecule has 0 aromatic heterocycles. The van der Waals surface area contributed by atoms with Crippen LogP contribution in [0.25, 0.3) is 0 Å². The third kappa shape index (κ3) is 39.2. The van der Waals surface area contributed by atoms with Gasteiger partial charge in [0.15, 0.2) is 0 Å². The number of carbonyl (C=O) groups is 1. The van der Waals surface area contributed by atoms with Crippen LogP contribution < -0.4 is 0 Å². The summed E-state index contributed by atoms with van der Waals surface area (Å²) < 4.78 is 3.96. The van der Waals surface area contributed by atoms with Crippen LogP contribution in [-0.4, -0.2) is 17.9 Å². The lowest BCUT2D eigenvalue weighted by molar-refractivity contribution is 0.0966. The molecule has 0 aliphatic rings. The highest BCUT2D eigenvalue weighted by atomic mass is 16.7. The molecule has 0 aliphatic heterocycles. The molecule has 0 aromatic carbocycles. The van der Waals surface area contributed by atoms with Gasteiger partial charge in [-0.3, -0.25) is 0 Å². The van der Waals surface area contributed by atoms with Crippen molar-refractivity contribution in [2.45, 2.75) is 27.2 Å². The largest absolute Gasteiger partial charge is 0.505 e. The van der Waals surface area contributed by atoms with Crippen LogP contribution in [0, 0.1) is 0 Å². The van der Waals surface area contributed by atoms with Gasteiger partial charge in [-0.25, -0.2) is 4.79 Å². The first kappa shape index (κ1) is 11.1. The fourth-order valence-electron chi connectivity index (χ4n) is 0.123. The summed E-state index contributed by atoms with van der Waals surface area (Å²) in [5.74, 6) is 0. The standard InChI is InChI=1S/C3H6O3.C3H8/c1-2-6-3(4)5;1-3-2/h2H2,1H3,(H,4,5);3H2,1-2H3. The molecular weight excluding hydrogens is 120 g/mol. The molecule has 0 fully saturated rings. The molecule has 0 rings (SSSR count). The maximum absolute atomic E-state index is 9.38. The Hall–Kier alpha value is -0.730. The highest BCUT2D eigenvalue weighted by molar-refractivity contribution is 5.56. The van der Waals surface area contributed by atoms with E-state index < -0.39 is 6.16 Å². The predicted molar refractivity (Wildman–Crippen MR) is 35.6 cm³/mol. The summed E-state index contributed by atoms with van der Waals surface area (Å²) in [7, 11) is 0. The van der Waals surface area contributed by atoms with Crippen LogP contribution in [0.1, 0.15) is 27.2 Å². The second-order valence-corrected chi connectivity index (χ2v) is 1.41. The lowest BCUT2D eigenvalue weighted by atomic mass is 10.6.